The first kappa shape index (κ1) is 11.6. The molecule has 0 saturated heterocycles. The van der Waals surface area contributed by atoms with Gasteiger partial charge in [-0.05, 0) is 29.1 Å². The lowest BCUT2D eigenvalue weighted by Crippen LogP contribution is -2.03. The average Bonchev–Trinajstić information content (AvgIpc) is 2.28. The topological polar surface area (TPSA) is 43.4 Å². The Labute approximate surface area is 103 Å². The molecule has 0 heterocycles. The Morgan fingerprint density at radius 1 is 1.18 bits per heavy atom. The van der Waals surface area contributed by atoms with E-state index in [4.69, 9.17) is 16.3 Å². The minimum atomic E-state index is -0.579. The second-order valence-corrected chi connectivity index (χ2v) is 3.91. The van der Waals surface area contributed by atoms with Crippen LogP contribution in [0, 0.1) is 0 Å². The van der Waals surface area contributed by atoms with E-state index < -0.39 is 11.2 Å². The van der Waals surface area contributed by atoms with Crippen molar-refractivity contribution in [1.29, 1.82) is 0 Å². The zero-order chi connectivity index (χ0) is 12.4. The normalized spacial score (nSPS) is 10.2. The molecule has 0 radical (unpaired) electrons. The van der Waals surface area contributed by atoms with Crippen LogP contribution in [0.15, 0.2) is 36.4 Å². The fourth-order valence-corrected chi connectivity index (χ4v) is 1.74. The molecule has 0 amide bonds. The molecule has 86 valence electrons. The van der Waals surface area contributed by atoms with Crippen molar-refractivity contribution in [2.24, 2.45) is 0 Å². The van der Waals surface area contributed by atoms with E-state index in [1.54, 1.807) is 6.07 Å². The zero-order valence-electron chi connectivity index (χ0n) is 9.07. The predicted octanol–water partition coefficient (Wildman–Crippen LogP) is 3.14. The molecule has 0 aromatic heterocycles. The highest BCUT2D eigenvalue weighted by molar-refractivity contribution is 6.67. The summed E-state index contributed by atoms with van der Waals surface area (Å²) in [6.07, 6.45) is 0. The van der Waals surface area contributed by atoms with Crippen LogP contribution in [0.5, 0.6) is 5.75 Å². The molecule has 2 aromatic carbocycles. The van der Waals surface area contributed by atoms with Gasteiger partial charge in [0.2, 0.25) is 0 Å². The summed E-state index contributed by atoms with van der Waals surface area (Å²) in [5.41, 5.74) is 0.307. The first-order valence-electron chi connectivity index (χ1n) is 4.99. The van der Waals surface area contributed by atoms with Crippen LogP contribution >= 0.6 is 11.6 Å². The Morgan fingerprint density at radius 3 is 2.53 bits per heavy atom. The second-order valence-electron chi connectivity index (χ2n) is 3.56. The van der Waals surface area contributed by atoms with E-state index in [2.05, 4.69) is 0 Å². The van der Waals surface area contributed by atoms with Crippen LogP contribution in [0.1, 0.15) is 17.3 Å². The van der Waals surface area contributed by atoms with E-state index in [1.165, 1.54) is 13.0 Å². The van der Waals surface area contributed by atoms with Crippen LogP contribution < -0.4 is 4.74 Å². The fraction of sp³-hybridized carbons (Fsp3) is 0.0769. The smallest absolute Gasteiger partial charge is 0.308 e. The Hall–Kier alpha value is -1.87. The monoisotopic (exact) mass is 248 g/mol. The van der Waals surface area contributed by atoms with Crippen molar-refractivity contribution in [3.05, 3.63) is 42.0 Å². The van der Waals surface area contributed by atoms with Crippen LogP contribution in [0.25, 0.3) is 10.8 Å². The Bertz CT molecular complexity index is 605. The molecule has 0 fully saturated rings. The molecule has 0 saturated carbocycles. The van der Waals surface area contributed by atoms with E-state index in [-0.39, 0.29) is 0 Å². The zero-order valence-corrected chi connectivity index (χ0v) is 9.82. The number of fused-ring (bicyclic) bond motifs is 1. The molecule has 0 aliphatic carbocycles. The molecule has 0 aliphatic heterocycles. The molecular weight excluding hydrogens is 240 g/mol. The van der Waals surface area contributed by atoms with Gasteiger partial charge in [-0.2, -0.15) is 0 Å². The average molecular weight is 249 g/mol. The summed E-state index contributed by atoms with van der Waals surface area (Å²) in [5, 5.41) is 0.990. The Balaban J connectivity index is 2.68. The minimum absolute atomic E-state index is 0.307. The Morgan fingerprint density at radius 2 is 1.88 bits per heavy atom. The maximum atomic E-state index is 11.2. The highest BCUT2D eigenvalue weighted by atomic mass is 35.5. The second kappa shape index (κ2) is 4.55. The SMILES string of the molecule is CC(=O)Oc1cc(C(=O)Cl)cc2ccccc12. The summed E-state index contributed by atoms with van der Waals surface area (Å²) in [4.78, 5) is 22.1. The van der Waals surface area contributed by atoms with Gasteiger partial charge < -0.3 is 4.74 Å². The minimum Gasteiger partial charge on any atom is -0.426 e. The van der Waals surface area contributed by atoms with Gasteiger partial charge in [-0.1, -0.05) is 24.3 Å². The number of carbonyl (C=O) groups is 2. The van der Waals surface area contributed by atoms with Crippen LogP contribution in [-0.2, 0) is 4.79 Å². The molecule has 4 heteroatoms. The first-order valence-corrected chi connectivity index (χ1v) is 5.37. The van der Waals surface area contributed by atoms with Crippen molar-refractivity contribution in [1.82, 2.24) is 0 Å². The van der Waals surface area contributed by atoms with E-state index in [0.29, 0.717) is 11.3 Å². The maximum Gasteiger partial charge on any atom is 0.308 e. The molecular formula is C13H9ClO3. The summed E-state index contributed by atoms with van der Waals surface area (Å²) in [6, 6.07) is 10.4. The van der Waals surface area contributed by atoms with Crippen LogP contribution in [0.4, 0.5) is 0 Å². The third-order valence-electron chi connectivity index (χ3n) is 2.30. The van der Waals surface area contributed by atoms with Crippen molar-refractivity contribution in [3.63, 3.8) is 0 Å². The number of esters is 1. The summed E-state index contributed by atoms with van der Waals surface area (Å²) in [7, 11) is 0. The molecule has 0 spiro atoms. The molecule has 17 heavy (non-hydrogen) atoms. The number of ether oxygens (including phenoxy) is 1. The van der Waals surface area contributed by atoms with Gasteiger partial charge in [-0.15, -0.1) is 0 Å². The number of hydrogen-bond acceptors (Lipinski definition) is 3. The van der Waals surface area contributed by atoms with Crippen LogP contribution in [0.3, 0.4) is 0 Å². The number of rotatable bonds is 2. The number of benzene rings is 2. The lowest BCUT2D eigenvalue weighted by atomic mass is 10.1. The molecule has 0 bridgehead atoms. The van der Waals surface area contributed by atoms with Gasteiger partial charge in [0.15, 0.2) is 0 Å². The van der Waals surface area contributed by atoms with Crippen molar-refractivity contribution in [2.75, 3.05) is 0 Å². The largest absolute Gasteiger partial charge is 0.426 e. The standard InChI is InChI=1S/C13H9ClO3/c1-8(15)17-12-7-10(13(14)16)6-9-4-2-3-5-11(9)12/h2-7H,1H3. The molecule has 0 atom stereocenters. The van der Waals surface area contributed by atoms with Gasteiger partial charge in [0.25, 0.3) is 5.24 Å². The lowest BCUT2D eigenvalue weighted by Gasteiger charge is -2.07. The number of carbonyl (C=O) groups excluding carboxylic acids is 2. The van der Waals surface area contributed by atoms with Gasteiger partial charge in [-0.3, -0.25) is 9.59 Å². The van der Waals surface area contributed by atoms with Gasteiger partial charge in [0.1, 0.15) is 5.75 Å². The van der Waals surface area contributed by atoms with Crippen molar-refractivity contribution < 1.29 is 14.3 Å². The number of halogens is 1. The molecule has 0 N–H and O–H groups in total. The molecule has 3 nitrogen and oxygen atoms in total. The maximum absolute atomic E-state index is 11.2. The third kappa shape index (κ3) is 2.45. The van der Waals surface area contributed by atoms with Gasteiger partial charge in [0, 0.05) is 17.9 Å². The van der Waals surface area contributed by atoms with Crippen molar-refractivity contribution in [2.45, 2.75) is 6.92 Å². The van der Waals surface area contributed by atoms with Crippen LogP contribution in [-0.4, -0.2) is 11.2 Å². The summed E-state index contributed by atoms with van der Waals surface area (Å²) in [5.74, 6) is -0.0890. The van der Waals surface area contributed by atoms with Crippen molar-refractivity contribution >= 4 is 33.6 Å². The predicted molar refractivity (Wildman–Crippen MR) is 65.4 cm³/mol. The summed E-state index contributed by atoms with van der Waals surface area (Å²) >= 11 is 5.43. The fourth-order valence-electron chi connectivity index (χ4n) is 1.63. The molecule has 0 aliphatic rings. The van der Waals surface area contributed by atoms with Gasteiger partial charge in [-0.25, -0.2) is 0 Å². The van der Waals surface area contributed by atoms with E-state index in [0.717, 1.165) is 10.8 Å². The van der Waals surface area contributed by atoms with Crippen molar-refractivity contribution in [3.8, 4) is 5.75 Å². The van der Waals surface area contributed by atoms with Crippen LogP contribution in [0.2, 0.25) is 0 Å². The van der Waals surface area contributed by atoms with Gasteiger partial charge in [0.05, 0.1) is 0 Å². The third-order valence-corrected chi connectivity index (χ3v) is 2.52. The summed E-state index contributed by atoms with van der Waals surface area (Å²) < 4.78 is 5.07. The lowest BCUT2D eigenvalue weighted by molar-refractivity contribution is -0.131. The first-order chi connectivity index (χ1) is 8.08. The molecule has 0 unspecified atom stereocenters. The quantitative estimate of drug-likeness (QED) is 0.466. The molecule has 2 rings (SSSR count). The van der Waals surface area contributed by atoms with E-state index in [1.807, 2.05) is 24.3 Å². The highest BCUT2D eigenvalue weighted by Gasteiger charge is 2.10. The summed E-state index contributed by atoms with van der Waals surface area (Å²) in [6.45, 7) is 1.31. The number of hydrogen-bond donors (Lipinski definition) is 0. The van der Waals surface area contributed by atoms with E-state index >= 15 is 0 Å². The molecule has 2 aromatic rings. The van der Waals surface area contributed by atoms with E-state index in [9.17, 15) is 9.59 Å². The van der Waals surface area contributed by atoms with Gasteiger partial charge >= 0.3 is 5.97 Å². The Kier molecular flexibility index (Phi) is 3.11. The highest BCUT2D eigenvalue weighted by Crippen LogP contribution is 2.28.